The molecule has 0 aromatic heterocycles. The largest absolute Gasteiger partial charge is 0.297 e. The Bertz CT molecular complexity index is 523. The van der Waals surface area contributed by atoms with Crippen molar-refractivity contribution in [3.05, 3.63) is 0 Å². The molecule has 92 valence electrons. The summed E-state index contributed by atoms with van der Waals surface area (Å²) in [7, 11) is 0. The van der Waals surface area contributed by atoms with Gasteiger partial charge in [0.25, 0.3) is 5.92 Å². The summed E-state index contributed by atoms with van der Waals surface area (Å²) in [6, 6.07) is 0. The molecule has 0 N–H and O–H groups in total. The Hall–Kier alpha value is -0.180. The fourth-order valence-electron chi connectivity index (χ4n) is 3.08. The molecule has 0 radical (unpaired) electrons. The Kier molecular flexibility index (Phi) is 1.14. The summed E-state index contributed by atoms with van der Waals surface area (Å²) in [5.41, 5.74) is -3.48. The summed E-state index contributed by atoms with van der Waals surface area (Å²) in [5.74, 6) is -3.72. The number of hydrogen-bond acceptors (Lipinski definition) is 1. The van der Waals surface area contributed by atoms with Crippen LogP contribution in [0.4, 0.5) is 8.78 Å². The zero-order chi connectivity index (χ0) is 17.0. The Morgan fingerprint density at radius 3 is 2.69 bits per heavy atom. The standard InChI is InChI=1S/C13H21F2N/c1-10(2)6-12-4-3-5-16(12)9-11(7-12)8-13(11,14)15/h10H,3-9H2,1-2H3/t11-,12+/m0/s1/i5D2,6D2,9D2. The highest BCUT2D eigenvalue weighted by Crippen LogP contribution is 2.70. The first-order valence-corrected chi connectivity index (χ1v) is 5.86. The first-order chi connectivity index (χ1) is 9.68. The third-order valence-electron chi connectivity index (χ3n) is 3.81. The molecule has 3 aliphatic rings. The van der Waals surface area contributed by atoms with Gasteiger partial charge in [0.15, 0.2) is 0 Å². The van der Waals surface area contributed by atoms with Gasteiger partial charge in [0.05, 0.1) is 5.41 Å². The van der Waals surface area contributed by atoms with Crippen molar-refractivity contribution in [1.29, 1.82) is 0 Å². The van der Waals surface area contributed by atoms with Crippen molar-refractivity contribution in [2.75, 3.05) is 13.0 Å². The van der Waals surface area contributed by atoms with Crippen LogP contribution in [0.25, 0.3) is 0 Å². The van der Waals surface area contributed by atoms with Crippen LogP contribution >= 0.6 is 0 Å². The predicted octanol–water partition coefficient (Wildman–Crippen LogP) is 3.30. The quantitative estimate of drug-likeness (QED) is 0.710. The van der Waals surface area contributed by atoms with Gasteiger partial charge in [-0.25, -0.2) is 8.78 Å². The van der Waals surface area contributed by atoms with E-state index in [0.29, 0.717) is 0 Å². The molecule has 0 aromatic rings. The van der Waals surface area contributed by atoms with E-state index in [2.05, 4.69) is 0 Å². The summed E-state index contributed by atoms with van der Waals surface area (Å²) in [6.07, 6.45) is -2.89. The SMILES string of the molecule is [2H]C1([2H])CC[C@@]2(C([2H])([2H])C(C)C)C[C@]3(CC3(F)F)C([2H])([2H])N12. The van der Waals surface area contributed by atoms with Crippen molar-refractivity contribution in [2.45, 2.75) is 57.4 Å². The van der Waals surface area contributed by atoms with Crippen LogP contribution in [0.15, 0.2) is 0 Å². The predicted molar refractivity (Wildman–Crippen MR) is 59.6 cm³/mol. The number of halogens is 2. The second kappa shape index (κ2) is 2.98. The van der Waals surface area contributed by atoms with Crippen LogP contribution in [0, 0.1) is 11.3 Å². The van der Waals surface area contributed by atoms with E-state index in [-0.39, 0.29) is 19.3 Å². The van der Waals surface area contributed by atoms with Crippen LogP contribution in [0.5, 0.6) is 0 Å². The molecule has 2 saturated heterocycles. The Balaban J connectivity index is 2.19. The third kappa shape index (κ3) is 1.30. The van der Waals surface area contributed by atoms with Crippen LogP contribution in [0.1, 0.15) is 54.1 Å². The molecule has 1 saturated carbocycles. The summed E-state index contributed by atoms with van der Waals surface area (Å²) in [4.78, 5) is 0.827. The second-order valence-electron chi connectivity index (χ2n) is 5.58. The topological polar surface area (TPSA) is 3.24 Å². The number of fused-ring (bicyclic) bond motifs is 1. The first kappa shape index (κ1) is 6.12. The lowest BCUT2D eigenvalue weighted by Crippen LogP contribution is -2.39. The highest BCUT2D eigenvalue weighted by molar-refractivity contribution is 5.22. The molecule has 1 spiro atoms. The molecule has 2 aliphatic heterocycles. The molecular weight excluding hydrogens is 208 g/mol. The maximum absolute atomic E-state index is 14.0. The molecule has 16 heavy (non-hydrogen) atoms. The molecule has 0 aromatic carbocycles. The minimum absolute atomic E-state index is 0.0413. The molecule has 0 bridgehead atoms. The third-order valence-corrected chi connectivity index (χ3v) is 3.81. The Morgan fingerprint density at radius 1 is 1.44 bits per heavy atom. The molecular formula is C13H21F2N. The van der Waals surface area contributed by atoms with Crippen molar-refractivity contribution in [3.8, 4) is 0 Å². The summed E-state index contributed by atoms with van der Waals surface area (Å²) < 4.78 is 77.5. The van der Waals surface area contributed by atoms with Gasteiger partial charge in [0.1, 0.15) is 0 Å². The molecule has 0 amide bonds. The van der Waals surface area contributed by atoms with E-state index in [1.165, 1.54) is 0 Å². The average Bonchev–Trinajstić information content (AvgIpc) is 2.65. The van der Waals surface area contributed by atoms with E-state index in [1.807, 2.05) is 0 Å². The zero-order valence-corrected chi connectivity index (χ0v) is 9.61. The Morgan fingerprint density at radius 2 is 2.12 bits per heavy atom. The van der Waals surface area contributed by atoms with Gasteiger partial charge in [-0.2, -0.15) is 0 Å². The first-order valence-electron chi connectivity index (χ1n) is 8.86. The minimum atomic E-state index is -3.20. The molecule has 2 heterocycles. The Labute approximate surface area is 105 Å². The lowest BCUT2D eigenvalue weighted by Gasteiger charge is -2.33. The number of rotatable bonds is 2. The smallest absolute Gasteiger partial charge is 0.255 e. The van der Waals surface area contributed by atoms with Crippen molar-refractivity contribution in [1.82, 2.24) is 4.90 Å². The number of alkyl halides is 2. The molecule has 3 rings (SSSR count). The molecule has 1 aliphatic carbocycles. The molecule has 3 heteroatoms. The van der Waals surface area contributed by atoms with Gasteiger partial charge in [-0.3, -0.25) is 4.90 Å². The fraction of sp³-hybridized carbons (Fsp3) is 1.00. The lowest BCUT2D eigenvalue weighted by atomic mass is 9.82. The van der Waals surface area contributed by atoms with Gasteiger partial charge >= 0.3 is 0 Å². The fourth-order valence-corrected chi connectivity index (χ4v) is 3.08. The van der Waals surface area contributed by atoms with Gasteiger partial charge < -0.3 is 0 Å². The normalized spacial score (nSPS) is 58.3. The van der Waals surface area contributed by atoms with Crippen molar-refractivity contribution in [2.24, 2.45) is 11.3 Å². The monoisotopic (exact) mass is 235 g/mol. The van der Waals surface area contributed by atoms with E-state index < -0.39 is 48.6 Å². The van der Waals surface area contributed by atoms with Gasteiger partial charge in [-0.05, 0) is 38.1 Å². The van der Waals surface area contributed by atoms with Gasteiger partial charge in [-0.15, -0.1) is 0 Å². The minimum Gasteiger partial charge on any atom is -0.297 e. The van der Waals surface area contributed by atoms with Crippen molar-refractivity contribution in [3.63, 3.8) is 0 Å². The van der Waals surface area contributed by atoms with E-state index in [1.54, 1.807) is 13.8 Å². The van der Waals surface area contributed by atoms with Gasteiger partial charge in [0.2, 0.25) is 0 Å². The van der Waals surface area contributed by atoms with Gasteiger partial charge in [0, 0.05) is 26.7 Å². The van der Waals surface area contributed by atoms with E-state index in [0.717, 1.165) is 4.90 Å². The average molecular weight is 235 g/mol. The molecule has 1 nitrogen and oxygen atoms in total. The van der Waals surface area contributed by atoms with E-state index in [9.17, 15) is 8.78 Å². The summed E-state index contributed by atoms with van der Waals surface area (Å²) in [6.45, 7) is -1.41. The highest BCUT2D eigenvalue weighted by Gasteiger charge is 2.76. The summed E-state index contributed by atoms with van der Waals surface area (Å²) in [5, 5.41) is 0. The number of nitrogens with zero attached hydrogens (tertiary/aromatic N) is 1. The molecule has 3 fully saturated rings. The molecule has 0 unspecified atom stereocenters. The van der Waals surface area contributed by atoms with E-state index in [4.69, 9.17) is 8.22 Å². The molecule has 2 atom stereocenters. The van der Waals surface area contributed by atoms with Crippen LogP contribution in [-0.2, 0) is 0 Å². The van der Waals surface area contributed by atoms with E-state index >= 15 is 0 Å². The second-order valence-corrected chi connectivity index (χ2v) is 5.58. The van der Waals surface area contributed by atoms with Crippen LogP contribution in [0.3, 0.4) is 0 Å². The highest BCUT2D eigenvalue weighted by atomic mass is 19.3. The lowest BCUT2D eigenvalue weighted by molar-refractivity contribution is 0.0654. The van der Waals surface area contributed by atoms with Crippen molar-refractivity contribution < 1.29 is 17.0 Å². The summed E-state index contributed by atoms with van der Waals surface area (Å²) >= 11 is 0. The maximum atomic E-state index is 14.0. The maximum Gasteiger partial charge on any atom is 0.255 e. The zero-order valence-electron chi connectivity index (χ0n) is 15.6. The van der Waals surface area contributed by atoms with Crippen LogP contribution < -0.4 is 0 Å². The van der Waals surface area contributed by atoms with Crippen molar-refractivity contribution >= 4 is 0 Å². The van der Waals surface area contributed by atoms with Crippen LogP contribution in [-0.4, -0.2) is 29.4 Å². The van der Waals surface area contributed by atoms with Gasteiger partial charge in [-0.1, -0.05) is 13.8 Å². The number of hydrogen-bond donors (Lipinski definition) is 0. The van der Waals surface area contributed by atoms with Crippen LogP contribution in [0.2, 0.25) is 0 Å².